The Bertz CT molecular complexity index is 350. The molecule has 1 heterocycles. The molecule has 0 aliphatic carbocycles. The number of anilines is 1. The average molecular weight is 192 g/mol. The van der Waals surface area contributed by atoms with Gasteiger partial charge in [-0.2, -0.15) is 0 Å². The van der Waals surface area contributed by atoms with Crippen LogP contribution >= 0.6 is 0 Å². The number of aromatic carboxylic acids is 1. The van der Waals surface area contributed by atoms with E-state index in [0.717, 1.165) is 0 Å². The molecule has 1 aromatic rings. The van der Waals surface area contributed by atoms with Crippen LogP contribution in [0.4, 0.5) is 5.82 Å². The Morgan fingerprint density at radius 2 is 2.43 bits per heavy atom. The zero-order valence-corrected chi connectivity index (χ0v) is 7.90. The van der Waals surface area contributed by atoms with Crippen LogP contribution in [-0.2, 0) is 0 Å². The average Bonchev–Trinajstić information content (AvgIpc) is 2.18. The summed E-state index contributed by atoms with van der Waals surface area (Å²) in [5, 5.41) is 11.7. The molecule has 0 aromatic carbocycles. The Labute approximate surface area is 82.3 Å². The second kappa shape index (κ2) is 4.41. The van der Waals surface area contributed by atoms with Crippen LogP contribution in [-0.4, -0.2) is 22.1 Å². The van der Waals surface area contributed by atoms with E-state index in [-0.39, 0.29) is 11.7 Å². The van der Waals surface area contributed by atoms with E-state index in [1.165, 1.54) is 6.07 Å². The summed E-state index contributed by atoms with van der Waals surface area (Å²) in [6, 6.07) is 4.87. The molecule has 74 valence electrons. The van der Waals surface area contributed by atoms with Gasteiger partial charge in [0, 0.05) is 6.04 Å². The lowest BCUT2D eigenvalue weighted by Gasteiger charge is -2.09. The first-order valence-corrected chi connectivity index (χ1v) is 4.23. The highest BCUT2D eigenvalue weighted by molar-refractivity contribution is 5.85. The number of carboxylic acid groups (broad SMARTS) is 1. The molecule has 1 unspecified atom stereocenters. The fourth-order valence-corrected chi connectivity index (χ4v) is 0.926. The summed E-state index contributed by atoms with van der Waals surface area (Å²) in [5.41, 5.74) is 0.0336. The van der Waals surface area contributed by atoms with Gasteiger partial charge in [0.25, 0.3) is 0 Å². The normalized spacial score (nSPS) is 11.8. The lowest BCUT2D eigenvalue weighted by Crippen LogP contribution is -2.13. The molecule has 1 rings (SSSR count). The maximum atomic E-state index is 10.6. The van der Waals surface area contributed by atoms with Crippen LogP contribution in [0.3, 0.4) is 0 Å². The molecular formula is C10H12N2O2. The van der Waals surface area contributed by atoms with E-state index in [4.69, 9.17) is 5.11 Å². The predicted octanol–water partition coefficient (Wildman–Crippen LogP) is 1.77. The highest BCUT2D eigenvalue weighted by atomic mass is 16.4. The summed E-state index contributed by atoms with van der Waals surface area (Å²) < 4.78 is 0. The first kappa shape index (κ1) is 10.2. The zero-order valence-electron chi connectivity index (χ0n) is 7.90. The predicted molar refractivity (Wildman–Crippen MR) is 54.5 cm³/mol. The van der Waals surface area contributed by atoms with Gasteiger partial charge in [0.05, 0.1) is 0 Å². The summed E-state index contributed by atoms with van der Waals surface area (Å²) >= 11 is 0. The Morgan fingerprint density at radius 3 is 3.00 bits per heavy atom. The van der Waals surface area contributed by atoms with Crippen LogP contribution in [0.1, 0.15) is 17.4 Å². The van der Waals surface area contributed by atoms with Gasteiger partial charge >= 0.3 is 5.97 Å². The van der Waals surface area contributed by atoms with Crippen LogP contribution in [0, 0.1) is 0 Å². The molecular weight excluding hydrogens is 180 g/mol. The van der Waals surface area contributed by atoms with Gasteiger partial charge in [0.15, 0.2) is 5.69 Å². The molecule has 0 saturated carbocycles. The maximum Gasteiger partial charge on any atom is 0.354 e. The Balaban J connectivity index is 2.83. The molecule has 2 N–H and O–H groups in total. The van der Waals surface area contributed by atoms with Gasteiger partial charge in [-0.05, 0) is 19.1 Å². The van der Waals surface area contributed by atoms with Crippen molar-refractivity contribution < 1.29 is 9.90 Å². The molecule has 0 aliphatic heterocycles. The number of aromatic nitrogens is 1. The van der Waals surface area contributed by atoms with Crippen LogP contribution in [0.15, 0.2) is 30.9 Å². The standard InChI is InChI=1S/C10H12N2O2/c1-3-7(2)11-9-6-4-5-8(12-9)10(13)14/h3-7H,1H2,2H3,(H,11,12)(H,13,14). The molecule has 0 radical (unpaired) electrons. The lowest BCUT2D eigenvalue weighted by molar-refractivity contribution is 0.0690. The fraction of sp³-hybridized carbons (Fsp3) is 0.200. The minimum atomic E-state index is -1.03. The second-order valence-electron chi connectivity index (χ2n) is 2.88. The van der Waals surface area contributed by atoms with Crippen LogP contribution < -0.4 is 5.32 Å². The summed E-state index contributed by atoms with van der Waals surface area (Å²) in [4.78, 5) is 14.5. The molecule has 1 atom stereocenters. The van der Waals surface area contributed by atoms with Gasteiger partial charge < -0.3 is 10.4 Å². The Morgan fingerprint density at radius 1 is 1.71 bits per heavy atom. The van der Waals surface area contributed by atoms with E-state index >= 15 is 0 Å². The summed E-state index contributed by atoms with van der Waals surface area (Å²) in [6.45, 7) is 5.51. The summed E-state index contributed by atoms with van der Waals surface area (Å²) in [7, 11) is 0. The van der Waals surface area contributed by atoms with Crippen molar-refractivity contribution in [3.05, 3.63) is 36.5 Å². The number of carbonyl (C=O) groups is 1. The Kier molecular flexibility index (Phi) is 3.23. The molecule has 0 fully saturated rings. The van der Waals surface area contributed by atoms with Crippen molar-refractivity contribution in [3.63, 3.8) is 0 Å². The van der Waals surface area contributed by atoms with Crippen molar-refractivity contribution in [2.75, 3.05) is 5.32 Å². The van der Waals surface area contributed by atoms with Gasteiger partial charge in [0.2, 0.25) is 0 Å². The number of hydrogen-bond donors (Lipinski definition) is 2. The third kappa shape index (κ3) is 2.58. The van der Waals surface area contributed by atoms with Gasteiger partial charge in [0.1, 0.15) is 5.82 Å². The van der Waals surface area contributed by atoms with Gasteiger partial charge in [-0.25, -0.2) is 9.78 Å². The topological polar surface area (TPSA) is 62.2 Å². The van der Waals surface area contributed by atoms with E-state index in [0.29, 0.717) is 5.82 Å². The van der Waals surface area contributed by atoms with Crippen molar-refractivity contribution in [2.24, 2.45) is 0 Å². The molecule has 0 bridgehead atoms. The SMILES string of the molecule is C=CC(C)Nc1cccc(C(=O)O)n1. The number of hydrogen-bond acceptors (Lipinski definition) is 3. The van der Waals surface area contributed by atoms with E-state index in [2.05, 4.69) is 16.9 Å². The smallest absolute Gasteiger partial charge is 0.354 e. The number of nitrogens with zero attached hydrogens (tertiary/aromatic N) is 1. The number of pyridine rings is 1. The molecule has 4 nitrogen and oxygen atoms in total. The minimum Gasteiger partial charge on any atom is -0.477 e. The molecule has 0 spiro atoms. The third-order valence-corrected chi connectivity index (χ3v) is 1.70. The number of nitrogens with one attached hydrogen (secondary N) is 1. The minimum absolute atomic E-state index is 0.0336. The molecule has 0 amide bonds. The largest absolute Gasteiger partial charge is 0.477 e. The Hall–Kier alpha value is -1.84. The molecule has 0 aliphatic rings. The highest BCUT2D eigenvalue weighted by Crippen LogP contribution is 2.06. The summed E-state index contributed by atoms with van der Waals surface area (Å²) in [5.74, 6) is -0.489. The van der Waals surface area contributed by atoms with Crippen LogP contribution in [0.5, 0.6) is 0 Å². The van der Waals surface area contributed by atoms with Gasteiger partial charge in [-0.1, -0.05) is 12.1 Å². The van der Waals surface area contributed by atoms with Crippen molar-refractivity contribution in [1.29, 1.82) is 0 Å². The second-order valence-corrected chi connectivity index (χ2v) is 2.88. The zero-order chi connectivity index (χ0) is 10.6. The van der Waals surface area contributed by atoms with Gasteiger partial charge in [-0.3, -0.25) is 0 Å². The van der Waals surface area contributed by atoms with Crippen molar-refractivity contribution in [3.8, 4) is 0 Å². The van der Waals surface area contributed by atoms with Crippen LogP contribution in [0.25, 0.3) is 0 Å². The molecule has 4 heteroatoms. The maximum absolute atomic E-state index is 10.6. The highest BCUT2D eigenvalue weighted by Gasteiger charge is 2.05. The van der Waals surface area contributed by atoms with Crippen molar-refractivity contribution >= 4 is 11.8 Å². The van der Waals surface area contributed by atoms with Crippen molar-refractivity contribution in [1.82, 2.24) is 4.98 Å². The van der Waals surface area contributed by atoms with Crippen molar-refractivity contribution in [2.45, 2.75) is 13.0 Å². The first-order chi connectivity index (χ1) is 6.63. The fourth-order valence-electron chi connectivity index (χ4n) is 0.926. The van der Waals surface area contributed by atoms with E-state index in [1.807, 2.05) is 6.92 Å². The number of carboxylic acids is 1. The molecule has 14 heavy (non-hydrogen) atoms. The van der Waals surface area contributed by atoms with E-state index in [9.17, 15) is 4.79 Å². The first-order valence-electron chi connectivity index (χ1n) is 4.23. The van der Waals surface area contributed by atoms with E-state index < -0.39 is 5.97 Å². The lowest BCUT2D eigenvalue weighted by atomic mass is 10.3. The van der Waals surface area contributed by atoms with E-state index in [1.54, 1.807) is 18.2 Å². The monoisotopic (exact) mass is 192 g/mol. The third-order valence-electron chi connectivity index (χ3n) is 1.70. The molecule has 0 saturated heterocycles. The van der Waals surface area contributed by atoms with Gasteiger partial charge in [-0.15, -0.1) is 6.58 Å². The molecule has 1 aromatic heterocycles. The quantitative estimate of drug-likeness (QED) is 0.713. The number of rotatable bonds is 4. The summed E-state index contributed by atoms with van der Waals surface area (Å²) in [6.07, 6.45) is 1.72. The van der Waals surface area contributed by atoms with Crippen LogP contribution in [0.2, 0.25) is 0 Å².